The Morgan fingerprint density at radius 2 is 0.811 bits per heavy atom. The summed E-state index contributed by atoms with van der Waals surface area (Å²) in [6, 6.07) is 0. The predicted molar refractivity (Wildman–Crippen MR) is 143 cm³/mol. The zero-order valence-electron chi connectivity index (χ0n) is 25.6. The molecule has 0 aliphatic rings. The van der Waals surface area contributed by atoms with E-state index in [9.17, 15) is 29.7 Å². The van der Waals surface area contributed by atoms with Crippen LogP contribution in [0.2, 0.25) is 0 Å². The van der Waals surface area contributed by atoms with Crippen molar-refractivity contribution >= 4 is 17.9 Å². The van der Waals surface area contributed by atoms with Gasteiger partial charge < -0.3 is 29.7 Å². The number of carboxylic acids is 3. The van der Waals surface area contributed by atoms with Crippen molar-refractivity contribution in [2.24, 2.45) is 16.2 Å². The molecule has 0 N–H and O–H groups in total. The third-order valence-corrected chi connectivity index (χ3v) is 6.96. The summed E-state index contributed by atoms with van der Waals surface area (Å²) in [6.07, 6.45) is 14.1. The van der Waals surface area contributed by atoms with Crippen molar-refractivity contribution in [3.8, 4) is 0 Å². The first-order valence-electron chi connectivity index (χ1n) is 14.3. The van der Waals surface area contributed by atoms with Gasteiger partial charge in [-0.05, 0) is 32.1 Å². The Morgan fingerprint density at radius 1 is 0.459 bits per heavy atom. The van der Waals surface area contributed by atoms with E-state index in [1.807, 2.05) is 13.8 Å². The summed E-state index contributed by atoms with van der Waals surface area (Å²) in [5.41, 5.74) is -1.83. The quantitative estimate of drug-likeness (QED) is 0.188. The first-order valence-corrected chi connectivity index (χ1v) is 14.3. The molecular formula is C30H57LaO6. The smallest absolute Gasteiger partial charge is 0.550 e. The maximum absolute atomic E-state index is 10.8. The van der Waals surface area contributed by atoms with Crippen molar-refractivity contribution in [3.63, 3.8) is 0 Å². The van der Waals surface area contributed by atoms with E-state index in [1.54, 1.807) is 27.7 Å². The average molecular weight is 653 g/mol. The molecule has 0 saturated heterocycles. The van der Waals surface area contributed by atoms with Gasteiger partial charge in [-0.1, -0.05) is 127 Å². The molecule has 0 radical (unpaired) electrons. The average Bonchev–Trinajstić information content (AvgIpc) is 2.80. The molecule has 0 fully saturated rings. The van der Waals surface area contributed by atoms with E-state index in [0.717, 1.165) is 83.5 Å². The molecule has 0 aromatic carbocycles. The second-order valence-corrected chi connectivity index (χ2v) is 11.4. The van der Waals surface area contributed by atoms with Gasteiger partial charge in [-0.25, -0.2) is 0 Å². The monoisotopic (exact) mass is 652 g/mol. The molecule has 0 spiro atoms. The Labute approximate surface area is 256 Å². The first-order chi connectivity index (χ1) is 16.6. The normalized spacial score (nSPS) is 13.9. The van der Waals surface area contributed by atoms with Crippen LogP contribution in [0.4, 0.5) is 0 Å². The number of hydrogen-bond donors (Lipinski definition) is 0. The van der Waals surface area contributed by atoms with Crippen molar-refractivity contribution in [2.45, 2.75) is 159 Å². The molecular weight excluding hydrogens is 595 g/mol. The molecule has 0 rings (SSSR count). The second-order valence-electron chi connectivity index (χ2n) is 11.4. The van der Waals surface area contributed by atoms with Crippen molar-refractivity contribution < 1.29 is 65.3 Å². The van der Waals surface area contributed by atoms with Crippen molar-refractivity contribution in [3.05, 3.63) is 0 Å². The van der Waals surface area contributed by atoms with Gasteiger partial charge in [0.1, 0.15) is 0 Å². The van der Waals surface area contributed by atoms with E-state index in [2.05, 4.69) is 20.8 Å². The van der Waals surface area contributed by atoms with E-state index < -0.39 is 34.2 Å². The van der Waals surface area contributed by atoms with Gasteiger partial charge in [0.25, 0.3) is 0 Å². The van der Waals surface area contributed by atoms with Crippen LogP contribution >= 0.6 is 0 Å². The summed E-state index contributed by atoms with van der Waals surface area (Å²) in [4.78, 5) is 32.2. The maximum Gasteiger partial charge on any atom is 3.00 e. The molecule has 0 amide bonds. The zero-order valence-corrected chi connectivity index (χ0v) is 29.3. The molecule has 6 nitrogen and oxygen atoms in total. The minimum atomic E-state index is -0.931. The van der Waals surface area contributed by atoms with Gasteiger partial charge in [0.2, 0.25) is 0 Å². The summed E-state index contributed by atoms with van der Waals surface area (Å²) < 4.78 is 0. The Bertz CT molecular complexity index is 559. The number of carboxylic acid groups (broad SMARTS) is 3. The summed E-state index contributed by atoms with van der Waals surface area (Å²) in [5.74, 6) is -2.71. The van der Waals surface area contributed by atoms with Gasteiger partial charge in [-0.3, -0.25) is 0 Å². The fourth-order valence-corrected chi connectivity index (χ4v) is 3.99. The molecule has 2 atom stereocenters. The van der Waals surface area contributed by atoms with Crippen LogP contribution in [0.3, 0.4) is 0 Å². The van der Waals surface area contributed by atoms with E-state index in [4.69, 9.17) is 0 Å². The molecule has 2 unspecified atom stereocenters. The van der Waals surface area contributed by atoms with Crippen LogP contribution in [0, 0.1) is 51.8 Å². The molecule has 0 bridgehead atoms. The van der Waals surface area contributed by atoms with Gasteiger partial charge in [0.15, 0.2) is 0 Å². The number of rotatable bonds is 18. The second kappa shape index (κ2) is 24.6. The minimum absolute atomic E-state index is 0. The number of carbonyl (C=O) groups excluding carboxylic acids is 3. The van der Waals surface area contributed by atoms with Crippen LogP contribution in [-0.2, 0) is 14.4 Å². The van der Waals surface area contributed by atoms with Gasteiger partial charge in [0, 0.05) is 34.2 Å². The van der Waals surface area contributed by atoms with Crippen LogP contribution in [0.5, 0.6) is 0 Å². The standard InChI is InChI=1S/3C10H20O2.La/c1-4-5-6-7-8-10(2,3)9(11)12;2*1-4-6-8-10(3,7-5-2)9(11)12;/h3*4-8H2,1-3H3,(H,11,12);/q;;;+3/p-3. The molecule has 0 aliphatic carbocycles. The topological polar surface area (TPSA) is 120 Å². The number of unbranched alkanes of at least 4 members (excludes halogenated alkanes) is 5. The van der Waals surface area contributed by atoms with Crippen LogP contribution in [-0.4, -0.2) is 17.9 Å². The van der Waals surface area contributed by atoms with E-state index >= 15 is 0 Å². The first kappa shape index (κ1) is 43.7. The van der Waals surface area contributed by atoms with Gasteiger partial charge in [-0.2, -0.15) is 0 Å². The fourth-order valence-electron chi connectivity index (χ4n) is 3.99. The fraction of sp³-hybridized carbons (Fsp3) is 0.900. The number of hydrogen-bond acceptors (Lipinski definition) is 6. The largest absolute Gasteiger partial charge is 3.00 e. The van der Waals surface area contributed by atoms with E-state index in [1.165, 1.54) is 12.8 Å². The Kier molecular flexibility index (Phi) is 29.1. The molecule has 216 valence electrons. The molecule has 0 heterocycles. The van der Waals surface area contributed by atoms with Crippen molar-refractivity contribution in [1.29, 1.82) is 0 Å². The molecule has 0 aromatic rings. The van der Waals surface area contributed by atoms with Crippen LogP contribution in [0.1, 0.15) is 159 Å². The van der Waals surface area contributed by atoms with Crippen molar-refractivity contribution in [1.82, 2.24) is 0 Å². The predicted octanol–water partition coefficient (Wildman–Crippen LogP) is 5.20. The third-order valence-electron chi connectivity index (χ3n) is 6.96. The van der Waals surface area contributed by atoms with Crippen LogP contribution in [0.15, 0.2) is 0 Å². The Hall–Kier alpha value is -0.395. The van der Waals surface area contributed by atoms with Crippen LogP contribution in [0.25, 0.3) is 0 Å². The van der Waals surface area contributed by atoms with Gasteiger partial charge in [0.05, 0.1) is 0 Å². The molecule has 7 heteroatoms. The summed E-state index contributed by atoms with van der Waals surface area (Å²) in [5, 5.41) is 32.2. The van der Waals surface area contributed by atoms with E-state index in [0.29, 0.717) is 0 Å². The number of aliphatic carboxylic acids is 3. The maximum atomic E-state index is 10.8. The molecule has 37 heavy (non-hydrogen) atoms. The molecule has 0 saturated carbocycles. The SMILES string of the molecule is CCCCC(C)(CCC)C(=O)[O-].CCCCC(C)(CCC)C(=O)[O-].CCCCCCC(C)(C)C(=O)[O-].[La+3]. The molecule has 0 aliphatic heterocycles. The van der Waals surface area contributed by atoms with E-state index in [-0.39, 0.29) is 35.6 Å². The summed E-state index contributed by atoms with van der Waals surface area (Å²) in [6.45, 7) is 17.3. The van der Waals surface area contributed by atoms with Crippen LogP contribution < -0.4 is 15.3 Å². The third kappa shape index (κ3) is 22.2. The summed E-state index contributed by atoms with van der Waals surface area (Å²) >= 11 is 0. The summed E-state index contributed by atoms with van der Waals surface area (Å²) in [7, 11) is 0. The Balaban J connectivity index is -0.000000218. The zero-order chi connectivity index (χ0) is 28.8. The molecule has 0 aromatic heterocycles. The van der Waals surface area contributed by atoms with Gasteiger partial charge in [-0.15, -0.1) is 0 Å². The van der Waals surface area contributed by atoms with Crippen molar-refractivity contribution in [2.75, 3.05) is 0 Å². The van der Waals surface area contributed by atoms with Gasteiger partial charge >= 0.3 is 35.6 Å². The number of carbonyl (C=O) groups is 3. The Morgan fingerprint density at radius 3 is 1.05 bits per heavy atom. The minimum Gasteiger partial charge on any atom is -0.550 e.